The highest BCUT2D eigenvalue weighted by molar-refractivity contribution is 6.02. The van der Waals surface area contributed by atoms with Crippen molar-refractivity contribution in [1.29, 1.82) is 0 Å². The van der Waals surface area contributed by atoms with Gasteiger partial charge < -0.3 is 23.9 Å². The van der Waals surface area contributed by atoms with Crippen LogP contribution in [0.1, 0.15) is 22.3 Å². The molecule has 0 fully saturated rings. The van der Waals surface area contributed by atoms with E-state index in [0.717, 1.165) is 17.2 Å². The summed E-state index contributed by atoms with van der Waals surface area (Å²) in [4.78, 5) is 36.9. The minimum Gasteiger partial charge on any atom is -0.497 e. The fourth-order valence-corrected chi connectivity index (χ4v) is 3.29. The highest BCUT2D eigenvalue weighted by Crippen LogP contribution is 2.37. The van der Waals surface area contributed by atoms with E-state index in [9.17, 15) is 19.7 Å². The van der Waals surface area contributed by atoms with E-state index < -0.39 is 22.6 Å². The van der Waals surface area contributed by atoms with Gasteiger partial charge in [-0.3, -0.25) is 14.9 Å². The van der Waals surface area contributed by atoms with Crippen LogP contribution in [0.15, 0.2) is 42.6 Å². The molecule has 1 aliphatic heterocycles. The van der Waals surface area contributed by atoms with Crippen LogP contribution in [-0.4, -0.2) is 49.4 Å². The molecule has 30 heavy (non-hydrogen) atoms. The molecule has 0 aliphatic carbocycles. The van der Waals surface area contributed by atoms with Crippen LogP contribution < -0.4 is 14.2 Å². The van der Waals surface area contributed by atoms with Crippen LogP contribution in [0.2, 0.25) is 0 Å². The summed E-state index contributed by atoms with van der Waals surface area (Å²) in [5.74, 6) is 0.303. The number of carbonyl (C=O) groups excluding carboxylic acids is 2. The molecule has 2 aromatic carbocycles. The summed E-state index contributed by atoms with van der Waals surface area (Å²) in [6, 6.07) is 8.79. The van der Waals surface area contributed by atoms with Gasteiger partial charge >= 0.3 is 0 Å². The number of hydrogen-bond donors (Lipinski definition) is 0. The van der Waals surface area contributed by atoms with Crippen molar-refractivity contribution in [2.24, 2.45) is 0 Å². The number of amides is 1. The molecular formula is C21H20N2O7. The molecule has 0 saturated heterocycles. The van der Waals surface area contributed by atoms with Gasteiger partial charge in [-0.05, 0) is 23.3 Å². The summed E-state index contributed by atoms with van der Waals surface area (Å²) in [6.45, 7) is 0. The van der Waals surface area contributed by atoms with Crippen LogP contribution in [0, 0.1) is 10.1 Å². The molecule has 2 aromatic rings. The molecule has 9 heteroatoms. The van der Waals surface area contributed by atoms with E-state index in [1.54, 1.807) is 25.4 Å². The fraction of sp³-hybridized carbons (Fsp3) is 0.238. The maximum Gasteiger partial charge on any atom is 0.286 e. The number of hydrogen-bond acceptors (Lipinski definition) is 7. The highest BCUT2D eigenvalue weighted by atomic mass is 16.6. The predicted octanol–water partition coefficient (Wildman–Crippen LogP) is 3.08. The lowest BCUT2D eigenvalue weighted by atomic mass is 10.0. The first-order valence-corrected chi connectivity index (χ1v) is 8.97. The number of aldehydes is 1. The summed E-state index contributed by atoms with van der Waals surface area (Å²) < 4.78 is 15.4. The molecule has 156 valence electrons. The molecule has 0 bridgehead atoms. The Labute approximate surface area is 172 Å². The maximum absolute atomic E-state index is 13.2. The van der Waals surface area contributed by atoms with E-state index in [-0.39, 0.29) is 17.1 Å². The molecule has 1 amide bonds. The molecule has 0 aromatic heterocycles. The second-order valence-corrected chi connectivity index (χ2v) is 6.48. The molecule has 0 spiro atoms. The first-order valence-electron chi connectivity index (χ1n) is 8.97. The minimum atomic E-state index is -0.776. The van der Waals surface area contributed by atoms with E-state index in [1.165, 1.54) is 25.2 Å². The number of benzene rings is 2. The lowest BCUT2D eigenvalue weighted by Crippen LogP contribution is -2.34. The van der Waals surface area contributed by atoms with Crippen molar-refractivity contribution in [3.05, 3.63) is 63.8 Å². The number of ether oxygens (including phenoxy) is 3. The van der Waals surface area contributed by atoms with Gasteiger partial charge in [0.15, 0.2) is 11.5 Å². The molecular weight excluding hydrogens is 392 g/mol. The van der Waals surface area contributed by atoms with E-state index in [4.69, 9.17) is 14.2 Å². The molecule has 1 atom stereocenters. The number of carbonyl (C=O) groups is 2. The van der Waals surface area contributed by atoms with Gasteiger partial charge in [0.25, 0.3) is 11.6 Å². The van der Waals surface area contributed by atoms with Gasteiger partial charge in [0.1, 0.15) is 17.6 Å². The molecule has 1 aliphatic rings. The molecule has 1 heterocycles. The number of nitro groups is 1. The van der Waals surface area contributed by atoms with Crippen LogP contribution in [0.5, 0.6) is 17.2 Å². The fourth-order valence-electron chi connectivity index (χ4n) is 3.29. The van der Waals surface area contributed by atoms with Crippen molar-refractivity contribution >= 4 is 23.5 Å². The second-order valence-electron chi connectivity index (χ2n) is 6.48. The minimum absolute atomic E-state index is 0.128. The third-order valence-corrected chi connectivity index (χ3v) is 4.86. The quantitative estimate of drug-likeness (QED) is 0.391. The summed E-state index contributed by atoms with van der Waals surface area (Å²) in [5.41, 5.74) is 0.941. The van der Waals surface area contributed by atoms with Crippen molar-refractivity contribution < 1.29 is 28.7 Å². The number of methoxy groups -OCH3 is 3. The Morgan fingerprint density at radius 1 is 1.10 bits per heavy atom. The van der Waals surface area contributed by atoms with Crippen LogP contribution in [0.3, 0.4) is 0 Å². The third-order valence-electron chi connectivity index (χ3n) is 4.86. The van der Waals surface area contributed by atoms with Gasteiger partial charge in [-0.1, -0.05) is 12.1 Å². The zero-order chi connectivity index (χ0) is 21.8. The van der Waals surface area contributed by atoms with Crippen molar-refractivity contribution in [2.75, 3.05) is 21.3 Å². The van der Waals surface area contributed by atoms with Gasteiger partial charge in [0.2, 0.25) is 0 Å². The summed E-state index contributed by atoms with van der Waals surface area (Å²) in [5, 5.41) is 11.5. The molecule has 3 rings (SSSR count). The molecule has 0 saturated carbocycles. The van der Waals surface area contributed by atoms with Crippen LogP contribution in [0.4, 0.5) is 5.69 Å². The standard InChI is InChI=1S/C21H20N2O7/c1-28-16-6-4-13(5-7-16)14-8-15(12-24)22(11-14)21(25)17-9-19(29-2)20(30-3)10-18(17)23(26)27/h4-7,9-12,15H,8H2,1-3H3/t15-/m0/s1. The van der Waals surface area contributed by atoms with Gasteiger partial charge in [-0.2, -0.15) is 0 Å². The Balaban J connectivity index is 2.02. The van der Waals surface area contributed by atoms with Crippen LogP contribution in [0.25, 0.3) is 5.57 Å². The van der Waals surface area contributed by atoms with E-state index >= 15 is 0 Å². The van der Waals surface area contributed by atoms with Crippen LogP contribution >= 0.6 is 0 Å². The van der Waals surface area contributed by atoms with Gasteiger partial charge in [-0.25, -0.2) is 0 Å². The second kappa shape index (κ2) is 8.64. The average Bonchev–Trinajstić information content (AvgIpc) is 3.22. The van der Waals surface area contributed by atoms with E-state index in [0.29, 0.717) is 18.5 Å². The predicted molar refractivity (Wildman–Crippen MR) is 108 cm³/mol. The van der Waals surface area contributed by atoms with Crippen molar-refractivity contribution in [3.8, 4) is 17.2 Å². The SMILES string of the molecule is COc1ccc(C2=CN(C(=O)c3cc(OC)c(OC)cc3[N+](=O)[O-])[C@H](C=O)C2)cc1. The Hall–Kier alpha value is -3.88. The number of rotatable bonds is 7. The van der Waals surface area contributed by atoms with Gasteiger partial charge in [-0.15, -0.1) is 0 Å². The van der Waals surface area contributed by atoms with Crippen LogP contribution in [-0.2, 0) is 4.79 Å². The van der Waals surface area contributed by atoms with Crippen molar-refractivity contribution in [2.45, 2.75) is 12.5 Å². The van der Waals surface area contributed by atoms with E-state index in [2.05, 4.69) is 0 Å². The molecule has 0 radical (unpaired) electrons. The number of nitro benzene ring substituents is 1. The number of nitrogens with zero attached hydrogens (tertiary/aromatic N) is 2. The third kappa shape index (κ3) is 3.82. The lowest BCUT2D eigenvalue weighted by molar-refractivity contribution is -0.385. The van der Waals surface area contributed by atoms with Crippen molar-refractivity contribution in [1.82, 2.24) is 4.90 Å². The van der Waals surface area contributed by atoms with Gasteiger partial charge in [0, 0.05) is 18.7 Å². The lowest BCUT2D eigenvalue weighted by Gasteiger charge is -2.19. The average molecular weight is 412 g/mol. The Kier molecular flexibility index (Phi) is 6.01. The normalized spacial score (nSPS) is 15.4. The summed E-state index contributed by atoms with van der Waals surface area (Å²) in [6.07, 6.45) is 2.49. The topological polar surface area (TPSA) is 108 Å². The zero-order valence-corrected chi connectivity index (χ0v) is 16.7. The molecule has 0 unspecified atom stereocenters. The molecule has 9 nitrogen and oxygen atoms in total. The first kappa shape index (κ1) is 20.8. The summed E-state index contributed by atoms with van der Waals surface area (Å²) >= 11 is 0. The highest BCUT2D eigenvalue weighted by Gasteiger charge is 2.34. The Morgan fingerprint density at radius 2 is 1.73 bits per heavy atom. The monoisotopic (exact) mass is 412 g/mol. The Bertz CT molecular complexity index is 1010. The Morgan fingerprint density at radius 3 is 2.27 bits per heavy atom. The molecule has 0 N–H and O–H groups in total. The zero-order valence-electron chi connectivity index (χ0n) is 16.7. The van der Waals surface area contributed by atoms with Crippen molar-refractivity contribution in [3.63, 3.8) is 0 Å². The summed E-state index contributed by atoms with van der Waals surface area (Å²) in [7, 11) is 4.27. The maximum atomic E-state index is 13.2. The smallest absolute Gasteiger partial charge is 0.286 e. The van der Waals surface area contributed by atoms with E-state index in [1.807, 2.05) is 12.1 Å². The van der Waals surface area contributed by atoms with Gasteiger partial charge in [0.05, 0.1) is 38.4 Å². The first-order chi connectivity index (χ1) is 14.4. The largest absolute Gasteiger partial charge is 0.497 e.